The first-order valence-corrected chi connectivity index (χ1v) is 7.26. The first-order chi connectivity index (χ1) is 9.31. The van der Waals surface area contributed by atoms with Gasteiger partial charge in [-0.15, -0.1) is 11.8 Å². The van der Waals surface area contributed by atoms with Crippen LogP contribution in [-0.2, 0) is 6.42 Å². The SMILES string of the molecule is CCOc1nc2c(c(=O)n1-c1ccccc1)CCS2. The van der Waals surface area contributed by atoms with Crippen molar-refractivity contribution in [2.45, 2.75) is 18.4 Å². The summed E-state index contributed by atoms with van der Waals surface area (Å²) in [5, 5.41) is 0.820. The highest BCUT2D eigenvalue weighted by atomic mass is 32.2. The summed E-state index contributed by atoms with van der Waals surface area (Å²) >= 11 is 1.62. The van der Waals surface area contributed by atoms with E-state index in [2.05, 4.69) is 4.98 Å². The summed E-state index contributed by atoms with van der Waals surface area (Å²) in [5.41, 5.74) is 1.59. The van der Waals surface area contributed by atoms with Gasteiger partial charge < -0.3 is 4.74 Å². The predicted octanol–water partition coefficient (Wildman–Crippen LogP) is 2.28. The molecule has 0 atom stereocenters. The Morgan fingerprint density at radius 3 is 2.89 bits per heavy atom. The largest absolute Gasteiger partial charge is 0.465 e. The minimum atomic E-state index is -0.00958. The van der Waals surface area contributed by atoms with Gasteiger partial charge in [-0.1, -0.05) is 18.2 Å². The molecule has 2 aromatic rings. The number of thioether (sulfide) groups is 1. The lowest BCUT2D eigenvalue weighted by Crippen LogP contribution is -2.25. The average molecular weight is 274 g/mol. The Labute approximate surface area is 115 Å². The molecule has 0 N–H and O–H groups in total. The lowest BCUT2D eigenvalue weighted by atomic mass is 10.2. The molecule has 5 heteroatoms. The van der Waals surface area contributed by atoms with Gasteiger partial charge >= 0.3 is 6.01 Å². The molecule has 0 saturated carbocycles. The van der Waals surface area contributed by atoms with Gasteiger partial charge in [0, 0.05) is 5.75 Å². The van der Waals surface area contributed by atoms with Crippen LogP contribution in [0.2, 0.25) is 0 Å². The molecule has 0 spiro atoms. The van der Waals surface area contributed by atoms with Crippen molar-refractivity contribution in [3.63, 3.8) is 0 Å². The van der Waals surface area contributed by atoms with E-state index in [1.54, 1.807) is 16.3 Å². The maximum absolute atomic E-state index is 12.6. The van der Waals surface area contributed by atoms with Crippen LogP contribution in [0, 0.1) is 0 Å². The molecule has 0 unspecified atom stereocenters. The van der Waals surface area contributed by atoms with Crippen molar-refractivity contribution >= 4 is 11.8 Å². The molecule has 1 aromatic heterocycles. The lowest BCUT2D eigenvalue weighted by Gasteiger charge is -2.13. The molecule has 1 aliphatic rings. The molecule has 0 radical (unpaired) electrons. The summed E-state index contributed by atoms with van der Waals surface area (Å²) in [4.78, 5) is 17.1. The number of ether oxygens (including phenoxy) is 1. The van der Waals surface area contributed by atoms with Crippen molar-refractivity contribution in [3.8, 4) is 11.7 Å². The van der Waals surface area contributed by atoms with Crippen molar-refractivity contribution in [1.82, 2.24) is 9.55 Å². The summed E-state index contributed by atoms with van der Waals surface area (Å²) in [6, 6.07) is 9.89. The molecule has 1 aromatic carbocycles. The fourth-order valence-electron chi connectivity index (χ4n) is 2.13. The molecule has 2 heterocycles. The minimum absolute atomic E-state index is 0.00958. The summed E-state index contributed by atoms with van der Waals surface area (Å²) in [6.45, 7) is 2.38. The van der Waals surface area contributed by atoms with Crippen LogP contribution in [0.1, 0.15) is 12.5 Å². The molecular weight excluding hydrogens is 260 g/mol. The molecule has 0 fully saturated rings. The second-order valence-corrected chi connectivity index (χ2v) is 5.27. The summed E-state index contributed by atoms with van der Waals surface area (Å²) in [6.07, 6.45) is 0.783. The Hall–Kier alpha value is -1.75. The van der Waals surface area contributed by atoms with Gasteiger partial charge in [-0.3, -0.25) is 4.79 Å². The highest BCUT2D eigenvalue weighted by Gasteiger charge is 2.22. The van der Waals surface area contributed by atoms with Crippen LogP contribution in [0.5, 0.6) is 6.01 Å². The highest BCUT2D eigenvalue weighted by Crippen LogP contribution is 2.29. The smallest absolute Gasteiger partial charge is 0.305 e. The molecule has 19 heavy (non-hydrogen) atoms. The third-order valence-electron chi connectivity index (χ3n) is 2.99. The number of nitrogens with zero attached hydrogens (tertiary/aromatic N) is 2. The van der Waals surface area contributed by atoms with E-state index in [0.29, 0.717) is 12.6 Å². The Morgan fingerprint density at radius 2 is 2.16 bits per heavy atom. The quantitative estimate of drug-likeness (QED) is 0.805. The summed E-state index contributed by atoms with van der Waals surface area (Å²) in [5.74, 6) is 0.919. The van der Waals surface area contributed by atoms with Gasteiger partial charge in [0.2, 0.25) is 0 Å². The lowest BCUT2D eigenvalue weighted by molar-refractivity contribution is 0.298. The molecular formula is C14H14N2O2S. The maximum Gasteiger partial charge on any atom is 0.305 e. The monoisotopic (exact) mass is 274 g/mol. The van der Waals surface area contributed by atoms with Crippen LogP contribution in [0.3, 0.4) is 0 Å². The maximum atomic E-state index is 12.6. The first-order valence-electron chi connectivity index (χ1n) is 6.28. The van der Waals surface area contributed by atoms with E-state index in [1.165, 1.54) is 0 Å². The Kier molecular flexibility index (Phi) is 3.29. The number of aromatic nitrogens is 2. The van der Waals surface area contributed by atoms with Gasteiger partial charge in [0.15, 0.2) is 0 Å². The number of hydrogen-bond acceptors (Lipinski definition) is 4. The van der Waals surface area contributed by atoms with Gasteiger partial charge in [0.25, 0.3) is 5.56 Å². The minimum Gasteiger partial charge on any atom is -0.465 e. The van der Waals surface area contributed by atoms with Crippen LogP contribution in [0.15, 0.2) is 40.2 Å². The number of para-hydroxylation sites is 1. The van der Waals surface area contributed by atoms with Crippen molar-refractivity contribution < 1.29 is 4.74 Å². The third-order valence-corrected chi connectivity index (χ3v) is 4.01. The van der Waals surface area contributed by atoms with E-state index < -0.39 is 0 Å². The zero-order valence-electron chi connectivity index (χ0n) is 10.6. The Bertz CT molecular complexity index is 652. The van der Waals surface area contributed by atoms with Crippen molar-refractivity contribution in [1.29, 1.82) is 0 Å². The second kappa shape index (κ2) is 5.09. The normalized spacial score (nSPS) is 13.3. The third kappa shape index (κ3) is 2.14. The van der Waals surface area contributed by atoms with Crippen molar-refractivity contribution in [2.75, 3.05) is 12.4 Å². The van der Waals surface area contributed by atoms with Crippen molar-refractivity contribution in [3.05, 3.63) is 46.2 Å². The van der Waals surface area contributed by atoms with Gasteiger partial charge in [-0.05, 0) is 25.5 Å². The average Bonchev–Trinajstić information content (AvgIpc) is 2.89. The predicted molar refractivity (Wildman–Crippen MR) is 75.4 cm³/mol. The number of benzene rings is 1. The zero-order chi connectivity index (χ0) is 13.2. The van der Waals surface area contributed by atoms with Gasteiger partial charge in [-0.25, -0.2) is 4.57 Å². The van der Waals surface area contributed by atoms with Crippen LogP contribution >= 0.6 is 11.8 Å². The van der Waals surface area contributed by atoms with Gasteiger partial charge in [0.1, 0.15) is 5.03 Å². The van der Waals surface area contributed by atoms with E-state index in [-0.39, 0.29) is 5.56 Å². The fourth-order valence-corrected chi connectivity index (χ4v) is 3.14. The molecule has 0 amide bonds. The fraction of sp³-hybridized carbons (Fsp3) is 0.286. The molecule has 0 saturated heterocycles. The van der Waals surface area contributed by atoms with Crippen LogP contribution in [0.4, 0.5) is 0 Å². The molecule has 0 bridgehead atoms. The Morgan fingerprint density at radius 1 is 1.37 bits per heavy atom. The van der Waals surface area contributed by atoms with Gasteiger partial charge in [0.05, 0.1) is 17.9 Å². The van der Waals surface area contributed by atoms with Crippen LogP contribution in [0.25, 0.3) is 5.69 Å². The van der Waals surface area contributed by atoms with Gasteiger partial charge in [-0.2, -0.15) is 4.98 Å². The highest BCUT2D eigenvalue weighted by molar-refractivity contribution is 7.99. The molecule has 98 valence electrons. The molecule has 1 aliphatic heterocycles. The summed E-state index contributed by atoms with van der Waals surface area (Å²) in [7, 11) is 0. The summed E-state index contributed by atoms with van der Waals surface area (Å²) < 4.78 is 7.10. The topological polar surface area (TPSA) is 44.1 Å². The van der Waals surface area contributed by atoms with E-state index in [1.807, 2.05) is 37.3 Å². The van der Waals surface area contributed by atoms with Crippen LogP contribution in [-0.4, -0.2) is 21.9 Å². The standard InChI is InChI=1S/C14H14N2O2S/c1-2-18-14-15-12-11(8-9-19-12)13(17)16(14)10-6-4-3-5-7-10/h3-7H,2,8-9H2,1H3. The van der Waals surface area contributed by atoms with Crippen molar-refractivity contribution in [2.24, 2.45) is 0 Å². The molecule has 4 nitrogen and oxygen atoms in total. The van der Waals surface area contributed by atoms with Crippen LogP contribution < -0.4 is 10.3 Å². The Balaban J connectivity index is 2.25. The number of rotatable bonds is 3. The van der Waals surface area contributed by atoms with E-state index in [0.717, 1.165) is 28.5 Å². The molecule has 3 rings (SSSR count). The van der Waals surface area contributed by atoms with E-state index in [9.17, 15) is 4.79 Å². The van der Waals surface area contributed by atoms with E-state index >= 15 is 0 Å². The number of hydrogen-bond donors (Lipinski definition) is 0. The number of fused-ring (bicyclic) bond motifs is 1. The first kappa shape index (κ1) is 12.3. The molecule has 0 aliphatic carbocycles. The van der Waals surface area contributed by atoms with E-state index in [4.69, 9.17) is 4.74 Å². The second-order valence-electron chi connectivity index (χ2n) is 4.19. The zero-order valence-corrected chi connectivity index (χ0v) is 11.4.